The molecule has 0 heterocycles. The number of hydrogen-bond acceptors (Lipinski definition) is 3. The molecule has 0 aromatic heterocycles. The largest absolute Gasteiger partial charge is 0.508 e. The Hall–Kier alpha value is -2.49. The highest BCUT2D eigenvalue weighted by Crippen LogP contribution is 2.16. The molecule has 0 bridgehead atoms. The zero-order valence-corrected chi connectivity index (χ0v) is 10.6. The van der Waals surface area contributed by atoms with Gasteiger partial charge in [0.05, 0.1) is 0 Å². The van der Waals surface area contributed by atoms with Gasteiger partial charge in [-0.15, -0.1) is 0 Å². The van der Waals surface area contributed by atoms with E-state index in [1.54, 1.807) is 37.3 Å². The van der Waals surface area contributed by atoms with Crippen molar-refractivity contribution in [2.24, 2.45) is 0 Å². The molecule has 3 N–H and O–H groups in total. The monoisotopic (exact) mass is 257 g/mol. The summed E-state index contributed by atoms with van der Waals surface area (Å²) in [6, 6.07) is 11.3. The molecule has 0 saturated carbocycles. The zero-order chi connectivity index (χ0) is 13.8. The Labute approximate surface area is 111 Å². The number of aryl methyl sites for hydroxylation is 1. The number of aromatic hydroxyl groups is 2. The van der Waals surface area contributed by atoms with Gasteiger partial charge >= 0.3 is 0 Å². The predicted octanol–water partition coefficient (Wildman–Crippen LogP) is 2.34. The molecule has 2 aromatic carbocycles. The average molecular weight is 257 g/mol. The minimum absolute atomic E-state index is 0.141. The smallest absolute Gasteiger partial charge is 0.251 e. The number of carbonyl (C=O) groups is 1. The van der Waals surface area contributed by atoms with Gasteiger partial charge in [0.2, 0.25) is 0 Å². The van der Waals surface area contributed by atoms with Crippen molar-refractivity contribution in [1.82, 2.24) is 5.32 Å². The number of rotatable bonds is 3. The van der Waals surface area contributed by atoms with Crippen LogP contribution in [0.3, 0.4) is 0 Å². The van der Waals surface area contributed by atoms with Gasteiger partial charge in [-0.25, -0.2) is 0 Å². The van der Waals surface area contributed by atoms with Crippen molar-refractivity contribution in [2.75, 3.05) is 0 Å². The normalized spacial score (nSPS) is 10.2. The lowest BCUT2D eigenvalue weighted by Crippen LogP contribution is -2.23. The van der Waals surface area contributed by atoms with Crippen molar-refractivity contribution >= 4 is 5.91 Å². The van der Waals surface area contributed by atoms with Crippen LogP contribution in [-0.4, -0.2) is 16.1 Å². The standard InChI is InChI=1S/C15H15NO3/c1-10-7-13(18)5-6-14(10)15(19)16-9-11-3-2-4-12(17)8-11/h2-8,17-18H,9H2,1H3,(H,16,19). The maximum atomic E-state index is 12.0. The molecule has 0 atom stereocenters. The third-order valence-electron chi connectivity index (χ3n) is 2.82. The first-order valence-corrected chi connectivity index (χ1v) is 5.92. The topological polar surface area (TPSA) is 69.6 Å². The molecule has 2 rings (SSSR count). The van der Waals surface area contributed by atoms with Gasteiger partial charge in [0.15, 0.2) is 0 Å². The maximum Gasteiger partial charge on any atom is 0.251 e. The summed E-state index contributed by atoms with van der Waals surface area (Å²) in [6.45, 7) is 2.11. The minimum atomic E-state index is -0.208. The number of benzene rings is 2. The third-order valence-corrected chi connectivity index (χ3v) is 2.82. The lowest BCUT2D eigenvalue weighted by molar-refractivity contribution is 0.0950. The van der Waals surface area contributed by atoms with Crippen LogP contribution in [0.15, 0.2) is 42.5 Å². The molecule has 0 radical (unpaired) electrons. The lowest BCUT2D eigenvalue weighted by atomic mass is 10.1. The Kier molecular flexibility index (Phi) is 3.71. The van der Waals surface area contributed by atoms with Gasteiger partial charge < -0.3 is 15.5 Å². The van der Waals surface area contributed by atoms with Gasteiger partial charge in [0.1, 0.15) is 11.5 Å². The first-order valence-electron chi connectivity index (χ1n) is 5.92. The van der Waals surface area contributed by atoms with Gasteiger partial charge in [0.25, 0.3) is 5.91 Å². The fraction of sp³-hybridized carbons (Fsp3) is 0.133. The molecule has 19 heavy (non-hydrogen) atoms. The van der Waals surface area contributed by atoms with E-state index in [1.165, 1.54) is 6.07 Å². The van der Waals surface area contributed by atoms with Gasteiger partial charge in [0, 0.05) is 12.1 Å². The summed E-state index contributed by atoms with van der Waals surface area (Å²) in [5, 5.41) is 21.4. The first-order chi connectivity index (χ1) is 9.06. The van der Waals surface area contributed by atoms with Crippen molar-refractivity contribution in [3.05, 3.63) is 59.2 Å². The molecule has 0 saturated heterocycles. The Morgan fingerprint density at radius 1 is 1.11 bits per heavy atom. The maximum absolute atomic E-state index is 12.0. The number of carbonyl (C=O) groups excluding carboxylic acids is 1. The van der Waals surface area contributed by atoms with Crippen molar-refractivity contribution < 1.29 is 15.0 Å². The molecule has 98 valence electrons. The molecule has 0 spiro atoms. The van der Waals surface area contributed by atoms with E-state index in [4.69, 9.17) is 0 Å². The second kappa shape index (κ2) is 5.44. The van der Waals surface area contributed by atoms with E-state index in [0.29, 0.717) is 17.7 Å². The van der Waals surface area contributed by atoms with Crippen molar-refractivity contribution in [1.29, 1.82) is 0 Å². The SMILES string of the molecule is Cc1cc(O)ccc1C(=O)NCc1cccc(O)c1. The van der Waals surface area contributed by atoms with E-state index in [2.05, 4.69) is 5.32 Å². The second-order valence-corrected chi connectivity index (χ2v) is 4.35. The molecule has 0 aliphatic carbocycles. The summed E-state index contributed by atoms with van der Waals surface area (Å²) in [6.07, 6.45) is 0. The van der Waals surface area contributed by atoms with Crippen LogP contribution in [0.2, 0.25) is 0 Å². The summed E-state index contributed by atoms with van der Waals surface area (Å²) in [4.78, 5) is 12.0. The van der Waals surface area contributed by atoms with Crippen LogP contribution in [0.5, 0.6) is 11.5 Å². The van der Waals surface area contributed by atoms with Crippen LogP contribution in [0, 0.1) is 6.92 Å². The zero-order valence-electron chi connectivity index (χ0n) is 10.6. The van der Waals surface area contributed by atoms with E-state index in [0.717, 1.165) is 5.56 Å². The fourth-order valence-electron chi connectivity index (χ4n) is 1.85. The van der Waals surface area contributed by atoms with Crippen molar-refractivity contribution in [3.63, 3.8) is 0 Å². The Balaban J connectivity index is 2.05. The molecule has 0 fully saturated rings. The second-order valence-electron chi connectivity index (χ2n) is 4.35. The number of hydrogen-bond donors (Lipinski definition) is 3. The van der Waals surface area contributed by atoms with Crippen LogP contribution < -0.4 is 5.32 Å². The first kappa shape index (κ1) is 13.0. The molecular weight excluding hydrogens is 242 g/mol. The van der Waals surface area contributed by atoms with Crippen molar-refractivity contribution in [2.45, 2.75) is 13.5 Å². The highest BCUT2D eigenvalue weighted by Gasteiger charge is 2.09. The van der Waals surface area contributed by atoms with Crippen molar-refractivity contribution in [3.8, 4) is 11.5 Å². The van der Waals surface area contributed by atoms with Gasteiger partial charge in [-0.05, 0) is 48.4 Å². The number of phenols is 2. The predicted molar refractivity (Wildman–Crippen MR) is 72.1 cm³/mol. The summed E-state index contributed by atoms with van der Waals surface area (Å²) in [5.74, 6) is 0.107. The van der Waals surface area contributed by atoms with E-state index in [1.807, 2.05) is 6.07 Å². The highest BCUT2D eigenvalue weighted by atomic mass is 16.3. The molecule has 2 aromatic rings. The van der Waals surface area contributed by atoms with Crippen LogP contribution in [0.1, 0.15) is 21.5 Å². The minimum Gasteiger partial charge on any atom is -0.508 e. The molecule has 0 aliphatic rings. The van der Waals surface area contributed by atoms with Crippen LogP contribution >= 0.6 is 0 Å². The van der Waals surface area contributed by atoms with Gasteiger partial charge in [-0.2, -0.15) is 0 Å². The lowest BCUT2D eigenvalue weighted by Gasteiger charge is -2.08. The van der Waals surface area contributed by atoms with Crippen LogP contribution in [0.4, 0.5) is 0 Å². The molecule has 4 heteroatoms. The van der Waals surface area contributed by atoms with E-state index >= 15 is 0 Å². The fourth-order valence-corrected chi connectivity index (χ4v) is 1.85. The van der Waals surface area contributed by atoms with Crippen LogP contribution in [0.25, 0.3) is 0 Å². The quantitative estimate of drug-likeness (QED) is 0.790. The Morgan fingerprint density at radius 3 is 2.53 bits per heavy atom. The molecule has 4 nitrogen and oxygen atoms in total. The Bertz CT molecular complexity index is 608. The third kappa shape index (κ3) is 3.25. The number of phenolic OH excluding ortho intramolecular Hbond substituents is 2. The highest BCUT2D eigenvalue weighted by molar-refractivity contribution is 5.95. The number of nitrogens with one attached hydrogen (secondary N) is 1. The summed E-state index contributed by atoms with van der Waals surface area (Å²) < 4.78 is 0. The molecular formula is C15H15NO3. The van der Waals surface area contributed by atoms with Gasteiger partial charge in [-0.1, -0.05) is 12.1 Å². The van der Waals surface area contributed by atoms with E-state index in [9.17, 15) is 15.0 Å². The summed E-state index contributed by atoms with van der Waals surface area (Å²) in [5.41, 5.74) is 2.07. The molecule has 0 unspecified atom stereocenters. The van der Waals surface area contributed by atoms with Gasteiger partial charge in [-0.3, -0.25) is 4.79 Å². The molecule has 0 aliphatic heterocycles. The average Bonchev–Trinajstić information content (AvgIpc) is 2.36. The molecule has 1 amide bonds. The van der Waals surface area contributed by atoms with Crippen LogP contribution in [-0.2, 0) is 6.54 Å². The Morgan fingerprint density at radius 2 is 1.84 bits per heavy atom. The van der Waals surface area contributed by atoms with E-state index < -0.39 is 0 Å². The summed E-state index contributed by atoms with van der Waals surface area (Å²) >= 11 is 0. The number of amides is 1. The summed E-state index contributed by atoms with van der Waals surface area (Å²) in [7, 11) is 0. The van der Waals surface area contributed by atoms with E-state index in [-0.39, 0.29) is 17.4 Å².